The van der Waals surface area contributed by atoms with Gasteiger partial charge in [0.05, 0.1) is 17.9 Å². The van der Waals surface area contributed by atoms with Gasteiger partial charge in [0.25, 0.3) is 0 Å². The molecule has 2 aromatic carbocycles. The molecular weight excluding hydrogens is 424 g/mol. The lowest BCUT2D eigenvalue weighted by Gasteiger charge is -2.29. The van der Waals surface area contributed by atoms with E-state index >= 15 is 0 Å². The number of nitrogens with zero attached hydrogens (tertiary/aromatic N) is 2. The number of amides is 1. The normalized spacial score (nSPS) is 13.5. The van der Waals surface area contributed by atoms with Gasteiger partial charge in [0, 0.05) is 10.4 Å². The van der Waals surface area contributed by atoms with E-state index in [4.69, 9.17) is 16.3 Å². The molecule has 0 unspecified atom stereocenters. The van der Waals surface area contributed by atoms with Crippen molar-refractivity contribution in [3.8, 4) is 11.6 Å². The first-order valence-electron chi connectivity index (χ1n) is 9.76. The summed E-state index contributed by atoms with van der Waals surface area (Å²) < 4.78 is 35.2. The van der Waals surface area contributed by atoms with E-state index in [1.807, 2.05) is 0 Å². The van der Waals surface area contributed by atoms with Gasteiger partial charge in [0.15, 0.2) is 0 Å². The van der Waals surface area contributed by atoms with E-state index in [-0.39, 0.29) is 16.7 Å². The maximum Gasteiger partial charge on any atom is 0.225 e. The maximum absolute atomic E-state index is 14.1. The Hall–Kier alpha value is -2.93. The van der Waals surface area contributed by atoms with Crippen molar-refractivity contribution in [2.75, 3.05) is 0 Å². The van der Waals surface area contributed by atoms with Gasteiger partial charge in [-0.3, -0.25) is 9.36 Å². The van der Waals surface area contributed by atoms with Crippen LogP contribution in [0.25, 0.3) is 5.69 Å². The monoisotopic (exact) mass is 447 g/mol. The summed E-state index contributed by atoms with van der Waals surface area (Å²) in [6.45, 7) is 7.17. The second-order valence-corrected chi connectivity index (χ2v) is 8.77. The van der Waals surface area contributed by atoms with Gasteiger partial charge in [0.2, 0.25) is 11.8 Å². The largest absolute Gasteiger partial charge is 0.467 e. The Morgan fingerprint density at radius 1 is 1.13 bits per heavy atom. The van der Waals surface area contributed by atoms with Gasteiger partial charge < -0.3 is 10.1 Å². The predicted octanol–water partition coefficient (Wildman–Crippen LogP) is 5.47. The number of rotatable bonds is 6. The molecule has 1 aromatic heterocycles. The number of aromatic nitrogens is 2. The van der Waals surface area contributed by atoms with Crippen LogP contribution in [0.2, 0.25) is 5.02 Å². The van der Waals surface area contributed by atoms with Crippen molar-refractivity contribution in [1.29, 1.82) is 0 Å². The zero-order chi connectivity index (χ0) is 22.8. The molecule has 0 radical (unpaired) electrons. The Labute approximate surface area is 185 Å². The Bertz CT molecular complexity index is 1040. The van der Waals surface area contributed by atoms with Crippen LogP contribution in [-0.4, -0.2) is 21.5 Å². The van der Waals surface area contributed by atoms with Gasteiger partial charge >= 0.3 is 0 Å². The molecule has 164 valence electrons. The maximum atomic E-state index is 14.1. The highest BCUT2D eigenvalue weighted by Gasteiger charge is 2.29. The van der Waals surface area contributed by atoms with Gasteiger partial charge in [-0.15, -0.1) is 0 Å². The van der Waals surface area contributed by atoms with Crippen molar-refractivity contribution in [3.63, 3.8) is 0 Å². The molecule has 0 spiro atoms. The molecule has 0 aliphatic heterocycles. The van der Waals surface area contributed by atoms with E-state index in [9.17, 15) is 13.6 Å². The topological polar surface area (TPSA) is 56.1 Å². The summed E-state index contributed by atoms with van der Waals surface area (Å²) >= 11 is 6.07. The van der Waals surface area contributed by atoms with Gasteiger partial charge in [0.1, 0.15) is 24.1 Å². The van der Waals surface area contributed by atoms with Crippen LogP contribution in [0.15, 0.2) is 55.0 Å². The minimum atomic E-state index is -0.768. The van der Waals surface area contributed by atoms with Crippen LogP contribution in [-0.2, 0) is 4.79 Å². The fourth-order valence-corrected chi connectivity index (χ4v) is 3.22. The van der Waals surface area contributed by atoms with Crippen molar-refractivity contribution in [2.45, 2.75) is 39.8 Å². The molecule has 3 rings (SSSR count). The van der Waals surface area contributed by atoms with Gasteiger partial charge in [-0.05, 0) is 55.0 Å². The third-order valence-electron chi connectivity index (χ3n) is 4.66. The minimum Gasteiger partial charge on any atom is -0.467 e. The van der Waals surface area contributed by atoms with Crippen LogP contribution in [0.5, 0.6) is 5.88 Å². The minimum absolute atomic E-state index is 0.178. The number of benzene rings is 2. The number of halogens is 3. The molecule has 2 atom stereocenters. The summed E-state index contributed by atoms with van der Waals surface area (Å²) in [5.41, 5.74) is 0.476. The van der Waals surface area contributed by atoms with Crippen LogP contribution in [0, 0.1) is 17.0 Å². The number of imidazole rings is 1. The summed E-state index contributed by atoms with van der Waals surface area (Å²) in [5, 5.41) is 3.14. The highest BCUT2D eigenvalue weighted by Crippen LogP contribution is 2.30. The smallest absolute Gasteiger partial charge is 0.225 e. The molecule has 0 aliphatic rings. The zero-order valence-electron chi connectivity index (χ0n) is 17.7. The Morgan fingerprint density at radius 2 is 1.81 bits per heavy atom. The molecule has 0 saturated carbocycles. The summed E-state index contributed by atoms with van der Waals surface area (Å²) in [4.78, 5) is 16.7. The van der Waals surface area contributed by atoms with Crippen molar-refractivity contribution < 1.29 is 18.3 Å². The predicted molar refractivity (Wildman–Crippen MR) is 115 cm³/mol. The number of carbonyl (C=O) groups is 1. The quantitative estimate of drug-likeness (QED) is 0.544. The molecule has 8 heteroatoms. The summed E-state index contributed by atoms with van der Waals surface area (Å²) in [7, 11) is 0. The summed E-state index contributed by atoms with van der Waals surface area (Å²) in [6.07, 6.45) is 2.25. The summed E-state index contributed by atoms with van der Waals surface area (Å²) in [5.74, 6) is -0.716. The number of ether oxygens (including phenoxy) is 1. The molecule has 0 aliphatic carbocycles. The first-order chi connectivity index (χ1) is 14.5. The van der Waals surface area contributed by atoms with E-state index in [0.717, 1.165) is 0 Å². The molecule has 31 heavy (non-hydrogen) atoms. The molecule has 0 fully saturated rings. The molecule has 0 bridgehead atoms. The van der Waals surface area contributed by atoms with Crippen molar-refractivity contribution in [3.05, 3.63) is 77.2 Å². The lowest BCUT2D eigenvalue weighted by molar-refractivity contribution is -0.129. The highest BCUT2D eigenvalue weighted by atomic mass is 35.5. The number of carbonyl (C=O) groups excluding carboxylic acids is 1. The van der Waals surface area contributed by atoms with Crippen LogP contribution in [0.1, 0.15) is 39.4 Å². The van der Waals surface area contributed by atoms with E-state index in [2.05, 4.69) is 10.3 Å². The van der Waals surface area contributed by atoms with Crippen LogP contribution in [0.4, 0.5) is 8.78 Å². The average molecular weight is 448 g/mol. The van der Waals surface area contributed by atoms with Crippen LogP contribution in [0.3, 0.4) is 0 Å². The number of nitrogens with one attached hydrogen (secondary N) is 1. The van der Waals surface area contributed by atoms with Crippen molar-refractivity contribution in [1.82, 2.24) is 14.9 Å². The van der Waals surface area contributed by atoms with Gasteiger partial charge in [-0.25, -0.2) is 13.8 Å². The first kappa shape index (κ1) is 22.7. The number of hydrogen-bond acceptors (Lipinski definition) is 3. The first-order valence-corrected chi connectivity index (χ1v) is 10.1. The second kappa shape index (κ2) is 9.06. The third kappa shape index (κ3) is 5.61. The van der Waals surface area contributed by atoms with Crippen LogP contribution < -0.4 is 10.1 Å². The standard InChI is InChI=1S/C23H24ClF2N3O2/c1-14(28-22(30)23(2,3)4)21(15-9-16(24)11-18(26)10-15)31-20-12-27-13-29(20)19-7-5-17(25)6-8-19/h5-14,21H,1-4H3,(H,28,30)/t14-,21-/m0/s1. The molecule has 1 heterocycles. The van der Waals surface area contributed by atoms with Gasteiger partial charge in [-0.1, -0.05) is 32.4 Å². The number of hydrogen-bond donors (Lipinski definition) is 1. The van der Waals surface area contributed by atoms with E-state index in [1.54, 1.807) is 50.5 Å². The van der Waals surface area contributed by atoms with Crippen molar-refractivity contribution in [2.24, 2.45) is 5.41 Å². The second-order valence-electron chi connectivity index (χ2n) is 8.33. The highest BCUT2D eigenvalue weighted by molar-refractivity contribution is 6.30. The molecular formula is C23H24ClF2N3O2. The fraction of sp³-hybridized carbons (Fsp3) is 0.304. The lowest BCUT2D eigenvalue weighted by atomic mass is 9.94. The van der Waals surface area contributed by atoms with Crippen LogP contribution >= 0.6 is 11.6 Å². The lowest BCUT2D eigenvalue weighted by Crippen LogP contribution is -2.44. The molecule has 3 aromatic rings. The summed E-state index contributed by atoms with van der Waals surface area (Å²) in [6, 6.07) is 9.41. The van der Waals surface area contributed by atoms with E-state index in [1.165, 1.54) is 36.8 Å². The molecule has 5 nitrogen and oxygen atoms in total. The molecule has 1 N–H and O–H groups in total. The van der Waals surface area contributed by atoms with Crippen molar-refractivity contribution >= 4 is 17.5 Å². The van der Waals surface area contributed by atoms with Gasteiger partial charge in [-0.2, -0.15) is 0 Å². The SMILES string of the molecule is C[C@H](NC(=O)C(C)(C)C)[C@H](Oc1cncn1-c1ccc(F)cc1)c1cc(F)cc(Cl)c1. The van der Waals surface area contributed by atoms with E-state index < -0.39 is 23.4 Å². The Morgan fingerprint density at radius 3 is 2.42 bits per heavy atom. The Kier molecular flexibility index (Phi) is 6.65. The molecule has 0 saturated heterocycles. The third-order valence-corrected chi connectivity index (χ3v) is 4.88. The zero-order valence-corrected chi connectivity index (χ0v) is 18.5. The average Bonchev–Trinajstić information content (AvgIpc) is 3.13. The fourth-order valence-electron chi connectivity index (χ4n) is 2.99. The molecule has 1 amide bonds. The van der Waals surface area contributed by atoms with E-state index in [0.29, 0.717) is 17.1 Å². The Balaban J connectivity index is 1.97.